The van der Waals surface area contributed by atoms with E-state index in [-0.39, 0.29) is 30.2 Å². The fourth-order valence-electron chi connectivity index (χ4n) is 2.95. The molecule has 0 aliphatic heterocycles. The molecular weight excluding hydrogens is 394 g/mol. The molecule has 158 valence electrons. The van der Waals surface area contributed by atoms with Crippen molar-refractivity contribution in [2.75, 3.05) is 12.4 Å². The minimum absolute atomic E-state index is 0.230. The van der Waals surface area contributed by atoms with Gasteiger partial charge in [0.25, 0.3) is 5.91 Å². The lowest BCUT2D eigenvalue weighted by Crippen LogP contribution is -2.35. The van der Waals surface area contributed by atoms with Gasteiger partial charge in [0.15, 0.2) is 0 Å². The zero-order chi connectivity index (χ0) is 22.1. The highest BCUT2D eigenvalue weighted by molar-refractivity contribution is 6.40. The second-order valence-electron chi connectivity index (χ2n) is 6.66. The number of carbonyl (C=O) groups is 3. The highest BCUT2D eigenvalue weighted by atomic mass is 16.5. The van der Waals surface area contributed by atoms with Crippen molar-refractivity contribution in [1.29, 1.82) is 0 Å². The second-order valence-corrected chi connectivity index (χ2v) is 6.66. The Morgan fingerprint density at radius 1 is 0.742 bits per heavy atom. The molecule has 3 aromatic carbocycles. The largest absolute Gasteiger partial charge is 0.496 e. The molecule has 0 saturated carbocycles. The van der Waals surface area contributed by atoms with E-state index in [0.717, 1.165) is 11.1 Å². The number of para-hydroxylation sites is 2. The number of hydrogen-bond donors (Lipinski definition) is 3. The van der Waals surface area contributed by atoms with Gasteiger partial charge in [0, 0.05) is 18.7 Å². The van der Waals surface area contributed by atoms with Crippen molar-refractivity contribution < 1.29 is 19.1 Å². The number of rotatable bonds is 7. The number of benzene rings is 3. The maximum atomic E-state index is 12.7. The van der Waals surface area contributed by atoms with Gasteiger partial charge in [-0.1, -0.05) is 60.7 Å². The first kappa shape index (κ1) is 21.6. The molecule has 0 heterocycles. The fraction of sp³-hybridized carbons (Fsp3) is 0.125. The van der Waals surface area contributed by atoms with Crippen LogP contribution in [0, 0.1) is 0 Å². The van der Waals surface area contributed by atoms with Gasteiger partial charge in [-0.25, -0.2) is 0 Å². The number of carbonyl (C=O) groups excluding carboxylic acids is 3. The van der Waals surface area contributed by atoms with Gasteiger partial charge in [0.05, 0.1) is 18.4 Å². The Balaban J connectivity index is 1.62. The van der Waals surface area contributed by atoms with Crippen LogP contribution in [0.3, 0.4) is 0 Å². The summed E-state index contributed by atoms with van der Waals surface area (Å²) in [6.45, 7) is 0.483. The third kappa shape index (κ3) is 5.93. The minimum atomic E-state index is -0.846. The second kappa shape index (κ2) is 10.6. The first-order chi connectivity index (χ1) is 15.1. The predicted molar refractivity (Wildman–Crippen MR) is 118 cm³/mol. The van der Waals surface area contributed by atoms with Crippen LogP contribution < -0.4 is 20.7 Å². The normalized spacial score (nSPS) is 10.1. The Bertz CT molecular complexity index is 1070. The minimum Gasteiger partial charge on any atom is -0.496 e. The zero-order valence-corrected chi connectivity index (χ0v) is 17.1. The van der Waals surface area contributed by atoms with Crippen molar-refractivity contribution in [3.8, 4) is 5.75 Å². The van der Waals surface area contributed by atoms with Crippen LogP contribution in [0.15, 0.2) is 78.9 Å². The van der Waals surface area contributed by atoms with Crippen LogP contribution in [0.1, 0.15) is 21.5 Å². The van der Waals surface area contributed by atoms with E-state index in [1.54, 1.807) is 31.4 Å². The van der Waals surface area contributed by atoms with Crippen molar-refractivity contribution in [3.05, 3.63) is 95.6 Å². The molecule has 0 aromatic heterocycles. The van der Waals surface area contributed by atoms with Gasteiger partial charge in [-0.3, -0.25) is 14.4 Å². The summed E-state index contributed by atoms with van der Waals surface area (Å²) < 4.78 is 5.29. The molecule has 0 unspecified atom stereocenters. The van der Waals surface area contributed by atoms with Gasteiger partial charge in [-0.05, 0) is 23.8 Å². The lowest BCUT2D eigenvalue weighted by molar-refractivity contribution is -0.136. The average Bonchev–Trinajstić information content (AvgIpc) is 2.82. The third-order valence-corrected chi connectivity index (χ3v) is 4.55. The Morgan fingerprint density at radius 2 is 1.42 bits per heavy atom. The number of ether oxygens (including phenoxy) is 1. The van der Waals surface area contributed by atoms with E-state index in [2.05, 4.69) is 16.0 Å². The average molecular weight is 417 g/mol. The van der Waals surface area contributed by atoms with Crippen LogP contribution >= 0.6 is 0 Å². The molecule has 0 fully saturated rings. The SMILES string of the molecule is COc1ccccc1CNC(=O)c1ccccc1NC(=O)C(=O)NCc1ccccc1. The smallest absolute Gasteiger partial charge is 0.313 e. The molecule has 7 heteroatoms. The number of amides is 3. The van der Waals surface area contributed by atoms with E-state index in [1.807, 2.05) is 54.6 Å². The molecule has 3 amide bonds. The van der Waals surface area contributed by atoms with E-state index in [0.29, 0.717) is 5.75 Å². The maximum Gasteiger partial charge on any atom is 0.313 e. The van der Waals surface area contributed by atoms with Crippen LogP contribution in [0.25, 0.3) is 0 Å². The highest BCUT2D eigenvalue weighted by Gasteiger charge is 2.18. The van der Waals surface area contributed by atoms with E-state index in [4.69, 9.17) is 4.74 Å². The molecule has 3 aromatic rings. The molecule has 0 bridgehead atoms. The van der Waals surface area contributed by atoms with Crippen molar-refractivity contribution in [2.24, 2.45) is 0 Å². The van der Waals surface area contributed by atoms with Crippen molar-refractivity contribution in [3.63, 3.8) is 0 Å². The topological polar surface area (TPSA) is 96.5 Å². The molecule has 0 spiro atoms. The standard InChI is InChI=1S/C24H23N3O4/c1-31-21-14-8-5-11-18(21)16-26-22(28)19-12-6-7-13-20(19)27-24(30)23(29)25-15-17-9-3-2-4-10-17/h2-14H,15-16H2,1H3,(H,25,29)(H,26,28)(H,27,30). The summed E-state index contributed by atoms with van der Waals surface area (Å²) in [4.78, 5) is 37.1. The molecule has 3 rings (SSSR count). The molecular formula is C24H23N3O4. The highest BCUT2D eigenvalue weighted by Crippen LogP contribution is 2.18. The molecule has 31 heavy (non-hydrogen) atoms. The Hall–Kier alpha value is -4.13. The predicted octanol–water partition coefficient (Wildman–Crippen LogP) is 2.88. The molecule has 0 aliphatic carbocycles. The summed E-state index contributed by atoms with van der Waals surface area (Å²) >= 11 is 0. The fourth-order valence-corrected chi connectivity index (χ4v) is 2.95. The molecule has 0 atom stereocenters. The monoisotopic (exact) mass is 417 g/mol. The lowest BCUT2D eigenvalue weighted by atomic mass is 10.1. The summed E-state index contributed by atoms with van der Waals surface area (Å²) in [5.41, 5.74) is 2.20. The zero-order valence-electron chi connectivity index (χ0n) is 17.1. The van der Waals surface area contributed by atoms with Crippen molar-refractivity contribution >= 4 is 23.4 Å². The maximum absolute atomic E-state index is 12.7. The quantitative estimate of drug-likeness (QED) is 0.515. The van der Waals surface area contributed by atoms with E-state index in [1.165, 1.54) is 0 Å². The van der Waals surface area contributed by atoms with Crippen LogP contribution in [-0.4, -0.2) is 24.8 Å². The van der Waals surface area contributed by atoms with Gasteiger partial charge in [-0.15, -0.1) is 0 Å². The Morgan fingerprint density at radius 3 is 2.19 bits per heavy atom. The molecule has 7 nitrogen and oxygen atoms in total. The van der Waals surface area contributed by atoms with Gasteiger partial charge < -0.3 is 20.7 Å². The van der Waals surface area contributed by atoms with Gasteiger partial charge in [0.2, 0.25) is 0 Å². The Labute approximate surface area is 180 Å². The van der Waals surface area contributed by atoms with Crippen LogP contribution in [0.4, 0.5) is 5.69 Å². The van der Waals surface area contributed by atoms with Crippen LogP contribution in [0.5, 0.6) is 5.75 Å². The third-order valence-electron chi connectivity index (χ3n) is 4.55. The van der Waals surface area contributed by atoms with Gasteiger partial charge in [-0.2, -0.15) is 0 Å². The van der Waals surface area contributed by atoms with Crippen molar-refractivity contribution in [1.82, 2.24) is 10.6 Å². The van der Waals surface area contributed by atoms with E-state index >= 15 is 0 Å². The lowest BCUT2D eigenvalue weighted by Gasteiger charge is -2.13. The summed E-state index contributed by atoms with van der Waals surface area (Å²) in [5.74, 6) is -1.35. The van der Waals surface area contributed by atoms with Crippen LogP contribution in [0.2, 0.25) is 0 Å². The van der Waals surface area contributed by atoms with Crippen molar-refractivity contribution in [2.45, 2.75) is 13.1 Å². The van der Waals surface area contributed by atoms with E-state index in [9.17, 15) is 14.4 Å². The summed E-state index contributed by atoms with van der Waals surface area (Å²) in [7, 11) is 1.56. The van der Waals surface area contributed by atoms with E-state index < -0.39 is 11.8 Å². The molecule has 3 N–H and O–H groups in total. The summed E-state index contributed by atoms with van der Waals surface area (Å²) in [5, 5.41) is 7.88. The number of hydrogen-bond acceptors (Lipinski definition) is 4. The molecule has 0 saturated heterocycles. The molecule has 0 radical (unpaired) electrons. The number of anilines is 1. The molecule has 0 aliphatic rings. The number of nitrogens with one attached hydrogen (secondary N) is 3. The van der Waals surface area contributed by atoms with Crippen LogP contribution in [-0.2, 0) is 22.7 Å². The first-order valence-corrected chi connectivity index (χ1v) is 9.70. The summed E-state index contributed by atoms with van der Waals surface area (Å²) in [6.07, 6.45) is 0. The number of methoxy groups -OCH3 is 1. The van der Waals surface area contributed by atoms with Gasteiger partial charge >= 0.3 is 11.8 Å². The summed E-state index contributed by atoms with van der Waals surface area (Å²) in [6, 6.07) is 23.1. The Kier molecular flexibility index (Phi) is 7.37. The first-order valence-electron chi connectivity index (χ1n) is 9.70. The van der Waals surface area contributed by atoms with Gasteiger partial charge in [0.1, 0.15) is 5.75 Å².